The number of anilines is 1. The second kappa shape index (κ2) is 14.6. The zero-order valence-corrected chi connectivity index (χ0v) is 24.4. The first kappa shape index (κ1) is 29.9. The maximum Gasteiger partial charge on any atom is 0.322 e. The van der Waals surface area contributed by atoms with Crippen molar-refractivity contribution in [1.29, 1.82) is 5.26 Å². The molecule has 1 aromatic heterocycles. The first-order valence-corrected chi connectivity index (χ1v) is 14.0. The van der Waals surface area contributed by atoms with Gasteiger partial charge in [0.25, 0.3) is 0 Å². The van der Waals surface area contributed by atoms with Crippen LogP contribution in [0.3, 0.4) is 0 Å². The van der Waals surface area contributed by atoms with E-state index in [1.54, 1.807) is 41.2 Å². The number of nitrogens with zero attached hydrogens (tertiary/aromatic N) is 4. The molecule has 1 N–H and O–H groups in total. The molecule has 0 spiro atoms. The van der Waals surface area contributed by atoms with E-state index in [1.165, 1.54) is 0 Å². The molecule has 0 fully saturated rings. The van der Waals surface area contributed by atoms with Gasteiger partial charge in [-0.3, -0.25) is 4.79 Å². The fourth-order valence-electron chi connectivity index (χ4n) is 4.70. The number of carbonyl (C=O) groups excluding carboxylic acids is 2. The fraction of sp³-hybridized carbons (Fsp3) is 0.265. The summed E-state index contributed by atoms with van der Waals surface area (Å²) in [6.45, 7) is 5.82. The predicted molar refractivity (Wildman–Crippen MR) is 164 cm³/mol. The Balaban J connectivity index is 1.53. The summed E-state index contributed by atoms with van der Waals surface area (Å²) < 4.78 is 7.51. The molecular formula is C34H37N5O3. The van der Waals surface area contributed by atoms with Gasteiger partial charge < -0.3 is 24.4 Å². The Hall–Kier alpha value is -5.03. The summed E-state index contributed by atoms with van der Waals surface area (Å²) in [6, 6.07) is 30.2. The summed E-state index contributed by atoms with van der Waals surface area (Å²) in [6.07, 6.45) is 2.01. The van der Waals surface area contributed by atoms with E-state index >= 15 is 0 Å². The zero-order chi connectivity index (χ0) is 29.9. The summed E-state index contributed by atoms with van der Waals surface area (Å²) in [5.41, 5.74) is 4.16. The van der Waals surface area contributed by atoms with E-state index in [4.69, 9.17) is 10.00 Å². The molecule has 216 valence electrons. The number of urea groups is 1. The molecule has 3 aromatic carbocycles. The molecule has 0 saturated heterocycles. The normalized spacial score (nSPS) is 10.6. The molecule has 8 heteroatoms. The van der Waals surface area contributed by atoms with E-state index in [1.807, 2.05) is 80.7 Å². The van der Waals surface area contributed by atoms with Crippen molar-refractivity contribution in [3.05, 3.63) is 120 Å². The van der Waals surface area contributed by atoms with E-state index in [0.717, 1.165) is 22.6 Å². The van der Waals surface area contributed by atoms with Gasteiger partial charge in [0, 0.05) is 37.2 Å². The van der Waals surface area contributed by atoms with Crippen molar-refractivity contribution < 1.29 is 14.3 Å². The molecule has 42 heavy (non-hydrogen) atoms. The van der Waals surface area contributed by atoms with Crippen LogP contribution in [0, 0.1) is 17.2 Å². The fourth-order valence-corrected chi connectivity index (χ4v) is 4.70. The summed E-state index contributed by atoms with van der Waals surface area (Å²) in [5.74, 6) is 0.808. The SMILES string of the molecule is COc1cccc(Cn2cccc2CN(Cc2ccccc2)C(=O)CN(CC(C)C)C(=O)Nc2ccc(C#N)cc2)c1. The third-order valence-corrected chi connectivity index (χ3v) is 6.80. The van der Waals surface area contributed by atoms with Gasteiger partial charge in [0.1, 0.15) is 12.3 Å². The van der Waals surface area contributed by atoms with Crippen molar-refractivity contribution >= 4 is 17.6 Å². The Morgan fingerprint density at radius 1 is 0.905 bits per heavy atom. The summed E-state index contributed by atoms with van der Waals surface area (Å²) in [4.78, 5) is 30.6. The third kappa shape index (κ3) is 8.48. The van der Waals surface area contributed by atoms with Crippen LogP contribution < -0.4 is 10.1 Å². The third-order valence-electron chi connectivity index (χ3n) is 6.80. The van der Waals surface area contributed by atoms with Crippen LogP contribution in [0.4, 0.5) is 10.5 Å². The quantitative estimate of drug-likeness (QED) is 0.224. The average molecular weight is 564 g/mol. The van der Waals surface area contributed by atoms with E-state index in [2.05, 4.69) is 22.0 Å². The van der Waals surface area contributed by atoms with Crippen molar-refractivity contribution in [1.82, 2.24) is 14.4 Å². The Labute approximate surface area is 247 Å². The molecular weight excluding hydrogens is 526 g/mol. The molecule has 0 atom stereocenters. The molecule has 0 aliphatic heterocycles. The van der Waals surface area contributed by atoms with Crippen LogP contribution in [0.5, 0.6) is 5.75 Å². The molecule has 1 heterocycles. The number of hydrogen-bond acceptors (Lipinski definition) is 4. The summed E-state index contributed by atoms with van der Waals surface area (Å²) >= 11 is 0. The van der Waals surface area contributed by atoms with Gasteiger partial charge in [0.15, 0.2) is 0 Å². The minimum atomic E-state index is -0.359. The first-order chi connectivity index (χ1) is 20.3. The number of methoxy groups -OCH3 is 1. The van der Waals surface area contributed by atoms with Crippen LogP contribution >= 0.6 is 0 Å². The Morgan fingerprint density at radius 3 is 2.33 bits per heavy atom. The van der Waals surface area contributed by atoms with Gasteiger partial charge in [-0.15, -0.1) is 0 Å². The van der Waals surface area contributed by atoms with Crippen molar-refractivity contribution in [3.63, 3.8) is 0 Å². The van der Waals surface area contributed by atoms with Gasteiger partial charge in [-0.05, 0) is 65.6 Å². The number of nitrogens with one attached hydrogen (secondary N) is 1. The lowest BCUT2D eigenvalue weighted by atomic mass is 10.2. The average Bonchev–Trinajstić information content (AvgIpc) is 3.43. The van der Waals surface area contributed by atoms with E-state index < -0.39 is 0 Å². The number of carbonyl (C=O) groups is 2. The van der Waals surface area contributed by atoms with Crippen LogP contribution in [0.25, 0.3) is 0 Å². The lowest BCUT2D eigenvalue weighted by Crippen LogP contribution is -2.45. The lowest BCUT2D eigenvalue weighted by molar-refractivity contribution is -0.133. The van der Waals surface area contributed by atoms with Crippen LogP contribution in [0.15, 0.2) is 97.2 Å². The van der Waals surface area contributed by atoms with Crippen LogP contribution in [-0.2, 0) is 24.4 Å². The summed E-state index contributed by atoms with van der Waals surface area (Å²) in [7, 11) is 1.65. The zero-order valence-electron chi connectivity index (χ0n) is 24.4. The van der Waals surface area contributed by atoms with E-state index in [0.29, 0.717) is 37.4 Å². The molecule has 0 aliphatic rings. The predicted octanol–water partition coefficient (Wildman–Crippen LogP) is 6.14. The molecule has 0 aliphatic carbocycles. The standard InChI is InChI=1S/C34H37N5O3/c1-26(2)21-39(34(41)36-30-16-14-27(20-35)15-17-30)25-33(40)38(22-28-9-5-4-6-10-28)24-31-12-8-18-37(31)23-29-11-7-13-32(19-29)42-3/h4-19,26H,21-25H2,1-3H3,(H,36,41). The number of ether oxygens (including phenoxy) is 1. The molecule has 4 rings (SSSR count). The number of benzene rings is 3. The van der Waals surface area contributed by atoms with Crippen molar-refractivity contribution in [2.45, 2.75) is 33.5 Å². The monoisotopic (exact) mass is 563 g/mol. The van der Waals surface area contributed by atoms with E-state index in [9.17, 15) is 9.59 Å². The maximum absolute atomic E-state index is 13.9. The van der Waals surface area contributed by atoms with E-state index in [-0.39, 0.29) is 24.4 Å². The summed E-state index contributed by atoms with van der Waals surface area (Å²) in [5, 5.41) is 11.9. The van der Waals surface area contributed by atoms with Crippen molar-refractivity contribution in [2.24, 2.45) is 5.92 Å². The highest BCUT2D eigenvalue weighted by Gasteiger charge is 2.23. The van der Waals surface area contributed by atoms with Gasteiger partial charge in [-0.25, -0.2) is 4.79 Å². The smallest absolute Gasteiger partial charge is 0.322 e. The largest absolute Gasteiger partial charge is 0.497 e. The van der Waals surface area contributed by atoms with Gasteiger partial charge in [-0.2, -0.15) is 5.26 Å². The highest BCUT2D eigenvalue weighted by Crippen LogP contribution is 2.18. The second-order valence-corrected chi connectivity index (χ2v) is 10.6. The van der Waals surface area contributed by atoms with Crippen molar-refractivity contribution in [3.8, 4) is 11.8 Å². The molecule has 4 aromatic rings. The highest BCUT2D eigenvalue weighted by atomic mass is 16.5. The number of aromatic nitrogens is 1. The molecule has 0 radical (unpaired) electrons. The van der Waals surface area contributed by atoms with Gasteiger partial charge in [-0.1, -0.05) is 56.3 Å². The topological polar surface area (TPSA) is 90.6 Å². The number of rotatable bonds is 12. The van der Waals surface area contributed by atoms with Crippen LogP contribution in [0.2, 0.25) is 0 Å². The minimum absolute atomic E-state index is 0.0658. The highest BCUT2D eigenvalue weighted by molar-refractivity contribution is 5.92. The lowest BCUT2D eigenvalue weighted by Gasteiger charge is -2.29. The molecule has 3 amide bonds. The molecule has 8 nitrogen and oxygen atoms in total. The Kier molecular flexibility index (Phi) is 10.4. The van der Waals surface area contributed by atoms with Gasteiger partial charge >= 0.3 is 6.03 Å². The maximum atomic E-state index is 13.9. The van der Waals surface area contributed by atoms with Crippen molar-refractivity contribution in [2.75, 3.05) is 25.5 Å². The molecule has 0 saturated carbocycles. The first-order valence-electron chi connectivity index (χ1n) is 14.0. The van der Waals surface area contributed by atoms with Crippen LogP contribution in [-0.4, -0.2) is 46.5 Å². The number of hydrogen-bond donors (Lipinski definition) is 1. The van der Waals surface area contributed by atoms with Crippen LogP contribution in [0.1, 0.15) is 36.2 Å². The minimum Gasteiger partial charge on any atom is -0.497 e. The number of amides is 3. The molecule has 0 unspecified atom stereocenters. The number of nitriles is 1. The molecule has 0 bridgehead atoms. The second-order valence-electron chi connectivity index (χ2n) is 10.6. The Morgan fingerprint density at radius 2 is 1.64 bits per heavy atom. The van der Waals surface area contributed by atoms with Gasteiger partial charge in [0.05, 0.1) is 25.3 Å². The van der Waals surface area contributed by atoms with Gasteiger partial charge in [0.2, 0.25) is 5.91 Å². The Bertz CT molecular complexity index is 1510.